The lowest BCUT2D eigenvalue weighted by Gasteiger charge is -2.17. The van der Waals surface area contributed by atoms with E-state index in [2.05, 4.69) is 5.32 Å². The van der Waals surface area contributed by atoms with E-state index >= 15 is 0 Å². The first kappa shape index (κ1) is 18.3. The van der Waals surface area contributed by atoms with E-state index in [0.29, 0.717) is 5.56 Å². The second-order valence-electron chi connectivity index (χ2n) is 4.14. The Labute approximate surface area is 123 Å². The van der Waals surface area contributed by atoms with Gasteiger partial charge < -0.3 is 15.8 Å². The van der Waals surface area contributed by atoms with E-state index in [9.17, 15) is 14.9 Å². The fourth-order valence-corrected chi connectivity index (χ4v) is 1.57. The molecule has 8 heteroatoms. The highest BCUT2D eigenvalue weighted by atomic mass is 35.5. The van der Waals surface area contributed by atoms with Crippen molar-refractivity contribution in [2.45, 2.75) is 19.0 Å². The first-order valence-corrected chi connectivity index (χ1v) is 5.75. The van der Waals surface area contributed by atoms with Crippen molar-refractivity contribution in [3.05, 3.63) is 39.9 Å². The average Bonchev–Trinajstić information content (AvgIpc) is 2.39. The average molecular weight is 304 g/mol. The number of amides is 1. The van der Waals surface area contributed by atoms with Crippen molar-refractivity contribution in [2.24, 2.45) is 5.73 Å². The molecule has 0 aliphatic heterocycles. The number of nitrogens with two attached hydrogens (primary N) is 1. The maximum Gasteiger partial charge on any atom is 0.269 e. The van der Waals surface area contributed by atoms with Gasteiger partial charge >= 0.3 is 0 Å². The van der Waals surface area contributed by atoms with Crippen molar-refractivity contribution in [1.29, 1.82) is 0 Å². The minimum Gasteiger partial charge on any atom is -0.383 e. The van der Waals surface area contributed by atoms with Crippen LogP contribution in [0.15, 0.2) is 24.3 Å². The molecule has 20 heavy (non-hydrogen) atoms. The van der Waals surface area contributed by atoms with Crippen LogP contribution >= 0.6 is 12.4 Å². The number of carbonyl (C=O) groups is 1. The van der Waals surface area contributed by atoms with E-state index in [4.69, 9.17) is 10.5 Å². The number of nitrogens with one attached hydrogen (secondary N) is 1. The van der Waals surface area contributed by atoms with Crippen LogP contribution in [0.3, 0.4) is 0 Å². The minimum atomic E-state index is -0.758. The highest BCUT2D eigenvalue weighted by molar-refractivity contribution is 5.85. The van der Waals surface area contributed by atoms with Crippen LogP contribution in [0.5, 0.6) is 0 Å². The first-order valence-electron chi connectivity index (χ1n) is 5.75. The molecule has 0 aliphatic carbocycles. The third kappa shape index (κ3) is 5.12. The van der Waals surface area contributed by atoms with Crippen LogP contribution < -0.4 is 11.1 Å². The Kier molecular flexibility index (Phi) is 7.75. The lowest BCUT2D eigenvalue weighted by molar-refractivity contribution is -0.384. The number of halogens is 1. The van der Waals surface area contributed by atoms with E-state index in [1.165, 1.54) is 19.2 Å². The Morgan fingerprint density at radius 1 is 1.55 bits per heavy atom. The Balaban J connectivity index is 0.00000361. The first-order chi connectivity index (χ1) is 8.95. The molecule has 0 radical (unpaired) electrons. The van der Waals surface area contributed by atoms with Gasteiger partial charge in [-0.2, -0.15) is 0 Å². The summed E-state index contributed by atoms with van der Waals surface area (Å²) >= 11 is 0. The maximum atomic E-state index is 11.7. The number of nitro benzene ring substituents is 1. The second-order valence-corrected chi connectivity index (χ2v) is 4.14. The van der Waals surface area contributed by atoms with Crippen molar-refractivity contribution in [1.82, 2.24) is 5.32 Å². The number of methoxy groups -OCH3 is 1. The fourth-order valence-electron chi connectivity index (χ4n) is 1.57. The maximum absolute atomic E-state index is 11.7. The van der Waals surface area contributed by atoms with Gasteiger partial charge in [-0.1, -0.05) is 12.1 Å². The summed E-state index contributed by atoms with van der Waals surface area (Å²) in [5.41, 5.74) is 6.22. The Morgan fingerprint density at radius 3 is 2.75 bits per heavy atom. The van der Waals surface area contributed by atoms with E-state index in [1.54, 1.807) is 19.1 Å². The van der Waals surface area contributed by atoms with Gasteiger partial charge in [0.15, 0.2) is 0 Å². The van der Waals surface area contributed by atoms with E-state index in [-0.39, 0.29) is 36.7 Å². The topological polar surface area (TPSA) is 107 Å². The van der Waals surface area contributed by atoms with Crippen LogP contribution in [0.2, 0.25) is 0 Å². The molecule has 7 nitrogen and oxygen atoms in total. The lowest BCUT2D eigenvalue weighted by atomic mass is 10.1. The fraction of sp³-hybridized carbons (Fsp3) is 0.417. The van der Waals surface area contributed by atoms with Crippen LogP contribution in [-0.2, 0) is 9.53 Å². The van der Waals surface area contributed by atoms with E-state index in [0.717, 1.165) is 0 Å². The van der Waals surface area contributed by atoms with Gasteiger partial charge in [-0.25, -0.2) is 0 Å². The molecule has 1 aromatic rings. The molecular formula is C12H18ClN3O4. The minimum absolute atomic E-state index is 0. The molecular weight excluding hydrogens is 286 g/mol. The Bertz CT molecular complexity index is 470. The molecule has 112 valence electrons. The Hall–Kier alpha value is -1.70. The molecule has 0 spiro atoms. The molecule has 1 rings (SSSR count). The quantitative estimate of drug-likeness (QED) is 0.606. The zero-order chi connectivity index (χ0) is 14.4. The predicted molar refractivity (Wildman–Crippen MR) is 76.8 cm³/mol. The summed E-state index contributed by atoms with van der Waals surface area (Å²) in [5.74, 6) is -0.360. The number of benzene rings is 1. The number of nitrogens with zero attached hydrogens (tertiary/aromatic N) is 1. The van der Waals surface area contributed by atoms with Crippen LogP contribution in [-0.4, -0.2) is 30.6 Å². The largest absolute Gasteiger partial charge is 0.383 e. The van der Waals surface area contributed by atoms with E-state index < -0.39 is 11.0 Å². The van der Waals surface area contributed by atoms with Gasteiger partial charge in [0.25, 0.3) is 5.69 Å². The summed E-state index contributed by atoms with van der Waals surface area (Å²) in [7, 11) is 1.46. The number of hydrogen-bond donors (Lipinski definition) is 2. The number of hydrogen-bond acceptors (Lipinski definition) is 5. The summed E-state index contributed by atoms with van der Waals surface area (Å²) in [5, 5.41) is 13.4. The van der Waals surface area contributed by atoms with Crippen LogP contribution in [0, 0.1) is 10.1 Å². The normalized spacial score (nSPS) is 12.9. The molecule has 0 saturated heterocycles. The SMILES string of the molecule is COCC(N)C(=O)NC(C)c1cccc([N+](=O)[O-])c1.Cl. The van der Waals surface area contributed by atoms with Crippen LogP contribution in [0.25, 0.3) is 0 Å². The number of carbonyl (C=O) groups excluding carboxylic acids is 1. The van der Waals surface area contributed by atoms with Crippen LogP contribution in [0.1, 0.15) is 18.5 Å². The van der Waals surface area contributed by atoms with Gasteiger partial charge in [-0.3, -0.25) is 14.9 Å². The van der Waals surface area contributed by atoms with Gasteiger partial charge in [-0.05, 0) is 12.5 Å². The van der Waals surface area contributed by atoms with Crippen LogP contribution in [0.4, 0.5) is 5.69 Å². The van der Waals surface area contributed by atoms with Gasteiger partial charge in [-0.15, -0.1) is 12.4 Å². The molecule has 2 unspecified atom stereocenters. The van der Waals surface area contributed by atoms with Gasteiger partial charge in [0.1, 0.15) is 6.04 Å². The molecule has 0 aromatic heterocycles. The highest BCUT2D eigenvalue weighted by Gasteiger charge is 2.17. The molecule has 1 amide bonds. The summed E-state index contributed by atoms with van der Waals surface area (Å²) in [6.07, 6.45) is 0. The summed E-state index contributed by atoms with van der Waals surface area (Å²) in [4.78, 5) is 21.9. The van der Waals surface area contributed by atoms with Crippen molar-refractivity contribution in [3.8, 4) is 0 Å². The standard InChI is InChI=1S/C12H17N3O4.ClH/c1-8(14-12(16)11(13)7-19-2)9-4-3-5-10(6-9)15(17)18;/h3-6,8,11H,7,13H2,1-2H3,(H,14,16);1H. The summed E-state index contributed by atoms with van der Waals surface area (Å²) < 4.78 is 4.79. The molecule has 0 aliphatic rings. The van der Waals surface area contributed by atoms with Gasteiger partial charge in [0.2, 0.25) is 5.91 Å². The molecule has 2 atom stereocenters. The van der Waals surface area contributed by atoms with Crippen molar-refractivity contribution >= 4 is 24.0 Å². The third-order valence-electron chi connectivity index (χ3n) is 2.62. The predicted octanol–water partition coefficient (Wildman–Crippen LogP) is 1.17. The van der Waals surface area contributed by atoms with Crippen molar-refractivity contribution in [2.75, 3.05) is 13.7 Å². The molecule has 0 fully saturated rings. The second kappa shape index (κ2) is 8.47. The molecule has 0 saturated carbocycles. The lowest BCUT2D eigenvalue weighted by Crippen LogP contribution is -2.44. The summed E-state index contributed by atoms with van der Waals surface area (Å²) in [6.45, 7) is 1.85. The van der Waals surface area contributed by atoms with Gasteiger partial charge in [0.05, 0.1) is 17.6 Å². The molecule has 0 heterocycles. The number of ether oxygens (including phenoxy) is 1. The zero-order valence-electron chi connectivity index (χ0n) is 11.2. The summed E-state index contributed by atoms with van der Waals surface area (Å²) in [6, 6.07) is 4.98. The number of non-ortho nitro benzene ring substituents is 1. The zero-order valence-corrected chi connectivity index (χ0v) is 12.1. The van der Waals surface area contributed by atoms with Crippen molar-refractivity contribution in [3.63, 3.8) is 0 Å². The monoisotopic (exact) mass is 303 g/mol. The highest BCUT2D eigenvalue weighted by Crippen LogP contribution is 2.18. The number of rotatable bonds is 6. The third-order valence-corrected chi connectivity index (χ3v) is 2.62. The number of nitro groups is 1. The Morgan fingerprint density at radius 2 is 2.20 bits per heavy atom. The van der Waals surface area contributed by atoms with E-state index in [1.807, 2.05) is 0 Å². The molecule has 1 aromatic carbocycles. The molecule has 0 bridgehead atoms. The van der Waals surface area contributed by atoms with Crippen molar-refractivity contribution < 1.29 is 14.5 Å². The molecule has 3 N–H and O–H groups in total. The smallest absolute Gasteiger partial charge is 0.269 e. The van der Waals surface area contributed by atoms with Gasteiger partial charge in [0, 0.05) is 19.2 Å².